The zero-order chi connectivity index (χ0) is 42.3. The Labute approximate surface area is 366 Å². The van der Waals surface area contributed by atoms with Crippen LogP contribution in [0.15, 0.2) is 95.3 Å². The highest BCUT2D eigenvalue weighted by molar-refractivity contribution is 7.17. The van der Waals surface area contributed by atoms with Gasteiger partial charge in [-0.15, -0.1) is 22.7 Å². The number of benzene rings is 3. The van der Waals surface area contributed by atoms with E-state index < -0.39 is 11.2 Å². The highest BCUT2D eigenvalue weighted by atomic mass is 32.1. The van der Waals surface area contributed by atoms with Gasteiger partial charge in [-0.05, 0) is 98.9 Å². The van der Waals surface area contributed by atoms with Crippen LogP contribution in [0.2, 0.25) is 0 Å². The Hall–Kier alpha value is -7.08. The first-order chi connectivity index (χ1) is 30.3. The van der Waals surface area contributed by atoms with Crippen molar-refractivity contribution in [3.8, 4) is 44.5 Å². The summed E-state index contributed by atoms with van der Waals surface area (Å²) in [5, 5.41) is 19.9. The molecule has 8 nitrogen and oxygen atoms in total. The van der Waals surface area contributed by atoms with E-state index >= 15 is 0 Å². The molecule has 5 aromatic rings. The van der Waals surface area contributed by atoms with E-state index in [4.69, 9.17) is 22.6 Å². The van der Waals surface area contributed by atoms with Gasteiger partial charge in [-0.25, -0.2) is 20.2 Å². The molecule has 0 unspecified atom stereocenters. The van der Waals surface area contributed by atoms with Crippen molar-refractivity contribution in [2.24, 2.45) is 0 Å². The summed E-state index contributed by atoms with van der Waals surface area (Å²) >= 11 is 3.11. The van der Waals surface area contributed by atoms with Crippen LogP contribution in [0.5, 0.6) is 11.5 Å². The van der Waals surface area contributed by atoms with Gasteiger partial charge in [0.15, 0.2) is 11.6 Å². The lowest BCUT2D eigenvalue weighted by Gasteiger charge is -2.45. The van der Waals surface area contributed by atoms with Crippen molar-refractivity contribution in [1.29, 1.82) is 10.5 Å². The van der Waals surface area contributed by atoms with Crippen LogP contribution in [0.3, 0.4) is 0 Å². The Kier molecular flexibility index (Phi) is 8.71. The summed E-state index contributed by atoms with van der Waals surface area (Å²) in [7, 11) is 0. The third kappa shape index (κ3) is 5.51. The fourth-order valence-electron chi connectivity index (χ4n) is 10.7. The first-order valence-electron chi connectivity index (χ1n) is 20.9. The Bertz CT molecular complexity index is 2940. The van der Waals surface area contributed by atoms with Crippen LogP contribution >= 0.6 is 22.7 Å². The van der Waals surface area contributed by atoms with Gasteiger partial charge >= 0.3 is 0 Å². The number of hydrogen-bond acceptors (Lipinski definition) is 8. The highest BCUT2D eigenvalue weighted by Gasteiger charge is 2.48. The van der Waals surface area contributed by atoms with Gasteiger partial charge < -0.3 is 9.47 Å². The largest absolute Gasteiger partial charge is 0.481 e. The maximum atomic E-state index is 13.9. The molecule has 3 aromatic carbocycles. The van der Waals surface area contributed by atoms with Gasteiger partial charge in [0.1, 0.15) is 22.7 Å². The maximum absolute atomic E-state index is 13.9. The van der Waals surface area contributed by atoms with Gasteiger partial charge in [0, 0.05) is 65.4 Å². The van der Waals surface area contributed by atoms with Crippen LogP contribution in [0.25, 0.3) is 53.9 Å². The van der Waals surface area contributed by atoms with Gasteiger partial charge in [0.25, 0.3) is 11.4 Å². The Morgan fingerprint density at radius 1 is 0.581 bits per heavy atom. The van der Waals surface area contributed by atoms with Crippen molar-refractivity contribution in [1.82, 2.24) is 0 Å². The third-order valence-electron chi connectivity index (χ3n) is 13.4. The molecule has 0 bridgehead atoms. The molecule has 10 heteroatoms. The number of rotatable bonds is 2. The first kappa shape index (κ1) is 37.9. The average molecular weight is 843 g/mol. The number of ketones is 2. The van der Waals surface area contributed by atoms with E-state index in [1.165, 1.54) is 0 Å². The number of ether oxygens (including phenoxy) is 2. The number of fused-ring (bicyclic) bond motifs is 10. The van der Waals surface area contributed by atoms with Crippen LogP contribution in [-0.2, 0) is 11.2 Å². The predicted molar refractivity (Wildman–Crippen MR) is 240 cm³/mol. The minimum absolute atomic E-state index is 0.109. The molecular formula is C52H34N4O4S2. The number of allylic oxidation sites excluding steroid dienone is 6. The fourth-order valence-corrected chi connectivity index (χ4v) is 12.8. The number of nitrogens with zero attached hydrogens (tertiary/aromatic N) is 4. The summed E-state index contributed by atoms with van der Waals surface area (Å²) in [6.07, 6.45) is 13.4. The summed E-state index contributed by atoms with van der Waals surface area (Å²) in [4.78, 5) is 38.4. The van der Waals surface area contributed by atoms with Gasteiger partial charge in [-0.3, -0.25) is 9.59 Å². The van der Waals surface area contributed by atoms with Crippen molar-refractivity contribution >= 4 is 57.5 Å². The molecule has 11 rings (SSSR count). The minimum Gasteiger partial charge on any atom is -0.481 e. The number of thiophene rings is 2. The molecule has 2 aliphatic heterocycles. The monoisotopic (exact) mass is 842 g/mol. The fraction of sp³-hybridized carbons (Fsp3) is 0.231. The Morgan fingerprint density at radius 2 is 0.968 bits per heavy atom. The summed E-state index contributed by atoms with van der Waals surface area (Å²) in [6, 6.07) is 27.1. The number of Topliss-reactive ketones (excluding diaryl/α,β-unsaturated/α-hetero) is 2. The van der Waals surface area contributed by atoms with E-state index in [0.29, 0.717) is 44.5 Å². The second-order valence-corrected chi connectivity index (χ2v) is 18.9. The van der Waals surface area contributed by atoms with Gasteiger partial charge in [0.2, 0.25) is 0 Å². The van der Waals surface area contributed by atoms with Crippen molar-refractivity contribution < 1.29 is 19.1 Å². The number of carbonyl (C=O) groups excluding carboxylic acids is 2. The van der Waals surface area contributed by atoms with Gasteiger partial charge in [0.05, 0.1) is 35.0 Å². The minimum atomic E-state index is -0.556. The van der Waals surface area contributed by atoms with Crippen molar-refractivity contribution in [2.45, 2.75) is 75.4 Å². The summed E-state index contributed by atoms with van der Waals surface area (Å²) in [6.45, 7) is 15.5. The normalized spacial score (nSPS) is 21.2. The van der Waals surface area contributed by atoms with Crippen molar-refractivity contribution in [3.63, 3.8) is 0 Å². The lowest BCUT2D eigenvalue weighted by atomic mass is 9.71. The van der Waals surface area contributed by atoms with E-state index in [1.54, 1.807) is 59.1 Å². The quantitative estimate of drug-likeness (QED) is 0.0994. The molecular weight excluding hydrogens is 809 g/mol. The highest BCUT2D eigenvalue weighted by Crippen LogP contribution is 2.61. The smallest absolute Gasteiger partial charge is 0.270 e. The Morgan fingerprint density at radius 3 is 1.34 bits per heavy atom. The molecule has 6 aliphatic rings. The summed E-state index contributed by atoms with van der Waals surface area (Å²) in [5.74, 6) is 1.14. The predicted octanol–water partition coefficient (Wildman–Crippen LogP) is 13.1. The lowest BCUT2D eigenvalue weighted by molar-refractivity contribution is 0.0205. The van der Waals surface area contributed by atoms with Gasteiger partial charge in [-0.2, -0.15) is 0 Å². The van der Waals surface area contributed by atoms with E-state index in [0.717, 1.165) is 117 Å². The SMILES string of the molecule is [C-]#[N+]/C(C#N)=C1\C(=C\c2cc3c(s2)-c2cc4c(cc2C2(CCCCC2)O3)-c2sc(/C=C3\C(=O)c5ccccc5\C3=C(\C#N)[N+]#[C-])cc2OC42CCCCC2)C(=O)c2ccccc21. The molecule has 4 aliphatic carbocycles. The van der Waals surface area contributed by atoms with Gasteiger partial charge in [-0.1, -0.05) is 61.4 Å². The van der Waals surface area contributed by atoms with Crippen LogP contribution in [0, 0.1) is 35.8 Å². The molecule has 2 spiro atoms. The molecule has 0 amide bonds. The second-order valence-electron chi connectivity index (χ2n) is 16.7. The average Bonchev–Trinajstić information content (AvgIpc) is 4.04. The zero-order valence-electron chi connectivity index (χ0n) is 33.4. The molecule has 298 valence electrons. The van der Waals surface area contributed by atoms with Crippen LogP contribution < -0.4 is 9.47 Å². The standard InChI is InChI=1S/C52H34N4O4S2/c1-55-41(27-53)45-31-13-5-7-15-33(31)47(57)37(45)21-29-23-43-49(61-29)35-25-40-36(26-39(35)51(59-43)17-9-3-10-18-51)50-44(60-52(40)19-11-4-12-20-52)24-30(62-50)22-38-46(42(28-54)56-2)32-14-6-8-16-34(32)48(38)58/h5-8,13-16,21-26H,3-4,9-12,17-20H2/b37-21-,38-22-,45-41-,46-42+. The second kappa shape index (κ2) is 14.3. The third-order valence-corrected chi connectivity index (χ3v) is 15.6. The van der Waals surface area contributed by atoms with Crippen LogP contribution in [0.4, 0.5) is 0 Å². The number of hydrogen-bond donors (Lipinski definition) is 0. The van der Waals surface area contributed by atoms with E-state index in [1.807, 2.05) is 48.6 Å². The lowest BCUT2D eigenvalue weighted by Crippen LogP contribution is -2.40. The summed E-state index contributed by atoms with van der Waals surface area (Å²) < 4.78 is 14.4. The topological polar surface area (TPSA) is 109 Å². The number of carbonyl (C=O) groups is 2. The molecule has 0 radical (unpaired) electrons. The number of nitriles is 2. The van der Waals surface area contributed by atoms with Crippen LogP contribution in [0.1, 0.15) is 117 Å². The molecule has 4 heterocycles. The van der Waals surface area contributed by atoms with Crippen molar-refractivity contribution in [3.05, 3.63) is 161 Å². The molecule has 62 heavy (non-hydrogen) atoms. The molecule has 0 atom stereocenters. The molecule has 2 saturated carbocycles. The van der Waals surface area contributed by atoms with E-state index in [-0.39, 0.29) is 23.0 Å². The maximum Gasteiger partial charge on any atom is 0.270 e. The molecule has 2 fully saturated rings. The van der Waals surface area contributed by atoms with E-state index in [2.05, 4.69) is 21.8 Å². The van der Waals surface area contributed by atoms with Crippen LogP contribution in [-0.4, -0.2) is 11.6 Å². The zero-order valence-corrected chi connectivity index (χ0v) is 35.0. The van der Waals surface area contributed by atoms with Crippen molar-refractivity contribution in [2.75, 3.05) is 0 Å². The Balaban J connectivity index is 1.08. The molecule has 2 aromatic heterocycles. The first-order valence-corrected chi connectivity index (χ1v) is 22.5. The molecule has 0 N–H and O–H groups in total. The van der Waals surface area contributed by atoms with E-state index in [9.17, 15) is 20.1 Å². The summed E-state index contributed by atoms with van der Waals surface area (Å²) in [5.41, 5.74) is 6.77. The molecule has 0 saturated heterocycles.